The Kier molecular flexibility index (Phi) is 3.73. The molecular weight excluding hydrogens is 178 g/mol. The van der Waals surface area contributed by atoms with E-state index in [1.165, 1.54) is 4.90 Å². The number of hydrogen-bond acceptors (Lipinski definition) is 1. The molecule has 0 unspecified atom stereocenters. The molecular formula is C11H13NO2. The summed E-state index contributed by atoms with van der Waals surface area (Å²) in [6.07, 6.45) is 0.658. The highest BCUT2D eigenvalue weighted by molar-refractivity contribution is 5.65. The van der Waals surface area contributed by atoms with E-state index in [2.05, 4.69) is 6.58 Å². The minimum Gasteiger partial charge on any atom is -0.465 e. The van der Waals surface area contributed by atoms with Crippen LogP contribution in [0.2, 0.25) is 0 Å². The third-order valence-corrected chi connectivity index (χ3v) is 1.84. The SMILES string of the molecule is C=CCN(Cc1ccccc1)C(=O)O. The fourth-order valence-electron chi connectivity index (χ4n) is 1.17. The highest BCUT2D eigenvalue weighted by Crippen LogP contribution is 2.04. The molecule has 0 aromatic heterocycles. The Balaban J connectivity index is 2.64. The summed E-state index contributed by atoms with van der Waals surface area (Å²) in [5.41, 5.74) is 0.983. The Morgan fingerprint density at radius 2 is 2.07 bits per heavy atom. The second kappa shape index (κ2) is 5.07. The summed E-state index contributed by atoms with van der Waals surface area (Å²) < 4.78 is 0. The van der Waals surface area contributed by atoms with Gasteiger partial charge < -0.3 is 10.0 Å². The first kappa shape index (κ1) is 10.3. The van der Waals surface area contributed by atoms with Crippen molar-refractivity contribution in [3.8, 4) is 0 Å². The van der Waals surface area contributed by atoms with Crippen LogP contribution in [0.15, 0.2) is 43.0 Å². The van der Waals surface area contributed by atoms with Crippen molar-refractivity contribution >= 4 is 6.09 Å². The van der Waals surface area contributed by atoms with E-state index in [0.717, 1.165) is 5.56 Å². The zero-order valence-electron chi connectivity index (χ0n) is 7.89. The van der Waals surface area contributed by atoms with Gasteiger partial charge in [-0.3, -0.25) is 0 Å². The van der Waals surface area contributed by atoms with Gasteiger partial charge in [-0.05, 0) is 5.56 Å². The van der Waals surface area contributed by atoms with E-state index in [-0.39, 0.29) is 0 Å². The van der Waals surface area contributed by atoms with Gasteiger partial charge in [0.05, 0.1) is 0 Å². The van der Waals surface area contributed by atoms with Crippen LogP contribution in [0.3, 0.4) is 0 Å². The van der Waals surface area contributed by atoms with Crippen molar-refractivity contribution in [2.45, 2.75) is 6.54 Å². The molecule has 3 nitrogen and oxygen atoms in total. The zero-order valence-corrected chi connectivity index (χ0v) is 7.89. The van der Waals surface area contributed by atoms with E-state index >= 15 is 0 Å². The predicted octanol–water partition coefficient (Wildman–Crippen LogP) is 2.35. The zero-order chi connectivity index (χ0) is 10.4. The third-order valence-electron chi connectivity index (χ3n) is 1.84. The summed E-state index contributed by atoms with van der Waals surface area (Å²) in [5, 5.41) is 8.84. The van der Waals surface area contributed by atoms with Gasteiger partial charge in [0, 0.05) is 13.1 Å². The van der Waals surface area contributed by atoms with Gasteiger partial charge in [0.25, 0.3) is 0 Å². The molecule has 0 heterocycles. The summed E-state index contributed by atoms with van der Waals surface area (Å²) in [6.45, 7) is 4.28. The van der Waals surface area contributed by atoms with Crippen LogP contribution in [-0.2, 0) is 6.54 Å². The van der Waals surface area contributed by atoms with Gasteiger partial charge in [0.15, 0.2) is 0 Å². The summed E-state index contributed by atoms with van der Waals surface area (Å²) in [6, 6.07) is 9.49. The van der Waals surface area contributed by atoms with E-state index in [9.17, 15) is 4.79 Å². The van der Waals surface area contributed by atoms with Gasteiger partial charge in [-0.25, -0.2) is 4.79 Å². The van der Waals surface area contributed by atoms with Crippen molar-refractivity contribution in [2.75, 3.05) is 6.54 Å². The minimum absolute atomic E-state index is 0.351. The molecule has 0 spiro atoms. The monoisotopic (exact) mass is 191 g/mol. The van der Waals surface area contributed by atoms with E-state index in [1.807, 2.05) is 30.3 Å². The topological polar surface area (TPSA) is 40.5 Å². The molecule has 0 aliphatic heterocycles. The molecule has 1 aromatic rings. The number of carboxylic acid groups (broad SMARTS) is 1. The van der Waals surface area contributed by atoms with Crippen molar-refractivity contribution in [1.82, 2.24) is 4.90 Å². The van der Waals surface area contributed by atoms with Gasteiger partial charge in [-0.15, -0.1) is 6.58 Å². The number of benzene rings is 1. The number of nitrogens with zero attached hydrogens (tertiary/aromatic N) is 1. The van der Waals surface area contributed by atoms with Crippen LogP contribution in [-0.4, -0.2) is 22.6 Å². The first-order valence-electron chi connectivity index (χ1n) is 4.36. The average molecular weight is 191 g/mol. The Morgan fingerprint density at radius 3 is 2.57 bits per heavy atom. The molecule has 1 rings (SSSR count). The van der Waals surface area contributed by atoms with Gasteiger partial charge in [0.1, 0.15) is 0 Å². The molecule has 0 aliphatic carbocycles. The molecule has 0 atom stereocenters. The van der Waals surface area contributed by atoms with Crippen LogP contribution in [0, 0.1) is 0 Å². The van der Waals surface area contributed by atoms with E-state index in [0.29, 0.717) is 13.1 Å². The number of rotatable bonds is 4. The highest BCUT2D eigenvalue weighted by Gasteiger charge is 2.09. The molecule has 74 valence electrons. The number of amides is 1. The Morgan fingerprint density at radius 1 is 1.43 bits per heavy atom. The van der Waals surface area contributed by atoms with Gasteiger partial charge >= 0.3 is 6.09 Å². The lowest BCUT2D eigenvalue weighted by Crippen LogP contribution is -2.28. The van der Waals surface area contributed by atoms with Crippen LogP contribution in [0.25, 0.3) is 0 Å². The summed E-state index contributed by atoms with van der Waals surface area (Å²) in [4.78, 5) is 12.1. The molecule has 0 saturated heterocycles. The fraction of sp³-hybridized carbons (Fsp3) is 0.182. The maximum absolute atomic E-state index is 10.8. The van der Waals surface area contributed by atoms with Crippen LogP contribution in [0.4, 0.5) is 4.79 Å². The van der Waals surface area contributed by atoms with Crippen LogP contribution < -0.4 is 0 Å². The predicted molar refractivity (Wildman–Crippen MR) is 55.1 cm³/mol. The van der Waals surface area contributed by atoms with Crippen LogP contribution in [0.5, 0.6) is 0 Å². The maximum atomic E-state index is 10.8. The van der Waals surface area contributed by atoms with E-state index < -0.39 is 6.09 Å². The van der Waals surface area contributed by atoms with Crippen molar-refractivity contribution in [2.24, 2.45) is 0 Å². The maximum Gasteiger partial charge on any atom is 0.407 e. The summed E-state index contributed by atoms with van der Waals surface area (Å²) in [5.74, 6) is 0. The summed E-state index contributed by atoms with van der Waals surface area (Å²) in [7, 11) is 0. The minimum atomic E-state index is -0.922. The quantitative estimate of drug-likeness (QED) is 0.742. The third kappa shape index (κ3) is 2.94. The molecule has 0 saturated carbocycles. The fourth-order valence-corrected chi connectivity index (χ4v) is 1.17. The second-order valence-electron chi connectivity index (χ2n) is 2.94. The first-order valence-corrected chi connectivity index (χ1v) is 4.36. The molecule has 1 N–H and O–H groups in total. The van der Waals surface area contributed by atoms with Gasteiger partial charge in [0.2, 0.25) is 0 Å². The van der Waals surface area contributed by atoms with Crippen molar-refractivity contribution in [3.63, 3.8) is 0 Å². The smallest absolute Gasteiger partial charge is 0.407 e. The van der Waals surface area contributed by atoms with E-state index in [1.54, 1.807) is 6.08 Å². The van der Waals surface area contributed by atoms with Gasteiger partial charge in [-0.2, -0.15) is 0 Å². The number of carbonyl (C=O) groups is 1. The molecule has 0 bridgehead atoms. The van der Waals surface area contributed by atoms with Crippen molar-refractivity contribution < 1.29 is 9.90 Å². The largest absolute Gasteiger partial charge is 0.465 e. The highest BCUT2D eigenvalue weighted by atomic mass is 16.4. The van der Waals surface area contributed by atoms with Crippen molar-refractivity contribution in [3.05, 3.63) is 48.6 Å². The molecule has 0 radical (unpaired) electrons. The standard InChI is InChI=1S/C11H13NO2/c1-2-8-12(11(13)14)9-10-6-4-3-5-7-10/h2-7H,1,8-9H2,(H,13,14). The number of hydrogen-bond donors (Lipinski definition) is 1. The Hall–Kier alpha value is -1.77. The molecule has 14 heavy (non-hydrogen) atoms. The van der Waals surface area contributed by atoms with Crippen LogP contribution in [0.1, 0.15) is 5.56 Å². The van der Waals surface area contributed by atoms with E-state index in [4.69, 9.17) is 5.11 Å². The van der Waals surface area contributed by atoms with Crippen LogP contribution >= 0.6 is 0 Å². The first-order chi connectivity index (χ1) is 6.74. The average Bonchev–Trinajstić information content (AvgIpc) is 2.18. The molecule has 1 amide bonds. The molecule has 0 fully saturated rings. The Labute approximate surface area is 83.3 Å². The normalized spacial score (nSPS) is 9.43. The Bertz CT molecular complexity index is 308. The molecule has 0 aliphatic rings. The molecule has 3 heteroatoms. The lowest BCUT2D eigenvalue weighted by atomic mass is 10.2. The second-order valence-corrected chi connectivity index (χ2v) is 2.94. The molecule has 1 aromatic carbocycles. The summed E-state index contributed by atoms with van der Waals surface area (Å²) >= 11 is 0. The lowest BCUT2D eigenvalue weighted by molar-refractivity contribution is 0.148. The lowest BCUT2D eigenvalue weighted by Gasteiger charge is -2.16. The van der Waals surface area contributed by atoms with Gasteiger partial charge in [-0.1, -0.05) is 36.4 Å². The van der Waals surface area contributed by atoms with Crippen molar-refractivity contribution in [1.29, 1.82) is 0 Å².